The van der Waals surface area contributed by atoms with Gasteiger partial charge >= 0.3 is 5.97 Å². The summed E-state index contributed by atoms with van der Waals surface area (Å²) in [6, 6.07) is 10.1. The van der Waals surface area contributed by atoms with Crippen molar-refractivity contribution in [1.29, 1.82) is 0 Å². The Morgan fingerprint density at radius 3 is 2.79 bits per heavy atom. The zero-order valence-corrected chi connectivity index (χ0v) is 17.2. The molecule has 0 aliphatic carbocycles. The lowest BCUT2D eigenvalue weighted by Gasteiger charge is -2.12. The summed E-state index contributed by atoms with van der Waals surface area (Å²) in [4.78, 5) is 28.0. The fourth-order valence-corrected chi connectivity index (χ4v) is 3.05. The number of hydrogen-bond donors (Lipinski definition) is 1. The topological polar surface area (TPSA) is 93.8 Å². The summed E-state index contributed by atoms with van der Waals surface area (Å²) in [5.74, 6) is -0.399. The molecule has 3 aromatic rings. The van der Waals surface area contributed by atoms with Gasteiger partial charge in [-0.25, -0.2) is 9.78 Å². The number of carbonyl (C=O) groups is 1. The molecule has 0 aliphatic heterocycles. The molecule has 0 radical (unpaired) electrons. The van der Waals surface area contributed by atoms with Crippen LogP contribution in [-0.4, -0.2) is 33.1 Å². The SMILES string of the molecule is Cc1nc2ccc(Br)cc2c(=O)n1N=Cc1ccc(O[C@H](C)C(=O)O)c(Cl)c1. The summed E-state index contributed by atoms with van der Waals surface area (Å²) in [6.07, 6.45) is 0.442. The number of benzene rings is 2. The average Bonchev–Trinajstić information content (AvgIpc) is 2.64. The summed E-state index contributed by atoms with van der Waals surface area (Å²) in [6.45, 7) is 3.10. The maximum Gasteiger partial charge on any atom is 0.344 e. The number of fused-ring (bicyclic) bond motifs is 1. The quantitative estimate of drug-likeness (QED) is 0.579. The molecular formula is C19H15BrClN3O4. The lowest BCUT2D eigenvalue weighted by molar-refractivity contribution is -0.144. The van der Waals surface area contributed by atoms with Crippen molar-refractivity contribution in [3.63, 3.8) is 0 Å². The van der Waals surface area contributed by atoms with Gasteiger partial charge < -0.3 is 9.84 Å². The molecule has 1 heterocycles. The third kappa shape index (κ3) is 4.23. The first kappa shape index (κ1) is 20.0. The molecule has 9 heteroatoms. The van der Waals surface area contributed by atoms with Crippen LogP contribution in [0.15, 0.2) is 50.8 Å². The smallest absolute Gasteiger partial charge is 0.344 e. The van der Waals surface area contributed by atoms with Crippen molar-refractivity contribution in [3.8, 4) is 5.75 Å². The standard InChI is InChI=1S/C19H15BrClN3O4/c1-10(19(26)27)28-17-6-3-12(7-15(17)21)9-22-24-11(2)23-16-5-4-13(20)8-14(16)18(24)25/h3-10H,1-2H3,(H,26,27)/t10-/m1/s1. The first-order chi connectivity index (χ1) is 13.3. The lowest BCUT2D eigenvalue weighted by Crippen LogP contribution is -2.23. The van der Waals surface area contributed by atoms with E-state index in [0.29, 0.717) is 22.3 Å². The molecule has 0 amide bonds. The van der Waals surface area contributed by atoms with E-state index >= 15 is 0 Å². The summed E-state index contributed by atoms with van der Waals surface area (Å²) < 4.78 is 7.26. The molecule has 0 saturated heterocycles. The van der Waals surface area contributed by atoms with Crippen LogP contribution in [0.2, 0.25) is 5.02 Å². The molecule has 1 aromatic heterocycles. The van der Waals surface area contributed by atoms with Crippen molar-refractivity contribution < 1.29 is 14.6 Å². The molecule has 7 nitrogen and oxygen atoms in total. The molecule has 3 rings (SSSR count). The van der Waals surface area contributed by atoms with Crippen LogP contribution >= 0.6 is 27.5 Å². The number of ether oxygens (including phenoxy) is 1. The maximum atomic E-state index is 12.7. The lowest BCUT2D eigenvalue weighted by atomic mass is 10.2. The van der Waals surface area contributed by atoms with E-state index in [2.05, 4.69) is 26.0 Å². The van der Waals surface area contributed by atoms with Gasteiger partial charge in [-0.2, -0.15) is 9.78 Å². The molecule has 0 saturated carbocycles. The van der Waals surface area contributed by atoms with Crippen LogP contribution in [0.25, 0.3) is 10.9 Å². The van der Waals surface area contributed by atoms with E-state index in [1.165, 1.54) is 17.8 Å². The molecule has 0 unspecified atom stereocenters. The van der Waals surface area contributed by atoms with Crippen LogP contribution in [0.4, 0.5) is 0 Å². The number of hydrogen-bond acceptors (Lipinski definition) is 5. The second kappa shape index (κ2) is 8.12. The number of halogens is 2. The summed E-state index contributed by atoms with van der Waals surface area (Å²) >= 11 is 9.50. The Kier molecular flexibility index (Phi) is 5.81. The van der Waals surface area contributed by atoms with Gasteiger partial charge in [0.25, 0.3) is 5.56 Å². The maximum absolute atomic E-state index is 12.7. The van der Waals surface area contributed by atoms with Crippen LogP contribution in [0.5, 0.6) is 5.75 Å². The number of nitrogens with zero attached hydrogens (tertiary/aromatic N) is 3. The highest BCUT2D eigenvalue weighted by Crippen LogP contribution is 2.26. The predicted molar refractivity (Wildman–Crippen MR) is 111 cm³/mol. The van der Waals surface area contributed by atoms with E-state index in [1.807, 2.05) is 6.07 Å². The summed E-state index contributed by atoms with van der Waals surface area (Å²) in [5, 5.41) is 13.8. The number of aryl methyl sites for hydroxylation is 1. The summed E-state index contributed by atoms with van der Waals surface area (Å²) in [5.41, 5.74) is 0.914. The Bertz CT molecular complexity index is 1160. The molecule has 0 bridgehead atoms. The summed E-state index contributed by atoms with van der Waals surface area (Å²) in [7, 11) is 0. The van der Waals surface area contributed by atoms with Crippen molar-refractivity contribution in [1.82, 2.24) is 9.66 Å². The van der Waals surface area contributed by atoms with Crippen LogP contribution in [0.1, 0.15) is 18.3 Å². The van der Waals surface area contributed by atoms with Crippen molar-refractivity contribution in [2.45, 2.75) is 20.0 Å². The zero-order chi connectivity index (χ0) is 20.4. The highest BCUT2D eigenvalue weighted by molar-refractivity contribution is 9.10. The van der Waals surface area contributed by atoms with Crippen molar-refractivity contribution in [3.05, 3.63) is 67.6 Å². The molecule has 1 atom stereocenters. The van der Waals surface area contributed by atoms with Crippen LogP contribution < -0.4 is 10.3 Å². The van der Waals surface area contributed by atoms with Gasteiger partial charge in [-0.3, -0.25) is 4.79 Å². The third-order valence-corrected chi connectivity index (χ3v) is 4.69. The molecule has 0 spiro atoms. The number of aromatic nitrogens is 2. The van der Waals surface area contributed by atoms with Gasteiger partial charge in [-0.05, 0) is 55.8 Å². The Hall–Kier alpha value is -2.71. The van der Waals surface area contributed by atoms with E-state index in [0.717, 1.165) is 4.47 Å². The van der Waals surface area contributed by atoms with Crippen molar-refractivity contribution >= 4 is 50.6 Å². The number of aliphatic carboxylic acids is 1. The van der Waals surface area contributed by atoms with Gasteiger partial charge in [0.1, 0.15) is 11.6 Å². The van der Waals surface area contributed by atoms with Gasteiger partial charge in [0, 0.05) is 4.47 Å². The minimum Gasteiger partial charge on any atom is -0.479 e. The number of carboxylic acid groups (broad SMARTS) is 1. The molecular weight excluding hydrogens is 450 g/mol. The van der Waals surface area contributed by atoms with Crippen LogP contribution in [0.3, 0.4) is 0 Å². The Labute approximate surface area is 173 Å². The average molecular weight is 465 g/mol. The minimum atomic E-state index is -1.09. The van der Waals surface area contributed by atoms with E-state index in [4.69, 9.17) is 21.4 Å². The largest absolute Gasteiger partial charge is 0.479 e. The first-order valence-electron chi connectivity index (χ1n) is 8.18. The fourth-order valence-electron chi connectivity index (χ4n) is 2.45. The molecule has 2 aromatic carbocycles. The van der Waals surface area contributed by atoms with Gasteiger partial charge in [0.15, 0.2) is 6.10 Å². The van der Waals surface area contributed by atoms with Gasteiger partial charge in [-0.1, -0.05) is 27.5 Å². The van der Waals surface area contributed by atoms with E-state index < -0.39 is 12.1 Å². The Morgan fingerprint density at radius 1 is 1.36 bits per heavy atom. The Morgan fingerprint density at radius 2 is 2.11 bits per heavy atom. The number of carboxylic acids is 1. The third-order valence-electron chi connectivity index (χ3n) is 3.90. The normalized spacial score (nSPS) is 12.4. The van der Waals surface area contributed by atoms with E-state index in [9.17, 15) is 9.59 Å². The van der Waals surface area contributed by atoms with Crippen molar-refractivity contribution in [2.75, 3.05) is 0 Å². The first-order valence-corrected chi connectivity index (χ1v) is 9.35. The van der Waals surface area contributed by atoms with Gasteiger partial charge in [0.05, 0.1) is 22.1 Å². The van der Waals surface area contributed by atoms with Crippen LogP contribution in [-0.2, 0) is 4.79 Å². The molecule has 0 fully saturated rings. The highest BCUT2D eigenvalue weighted by atomic mass is 79.9. The van der Waals surface area contributed by atoms with Gasteiger partial charge in [0.2, 0.25) is 0 Å². The molecule has 144 valence electrons. The highest BCUT2D eigenvalue weighted by Gasteiger charge is 2.14. The van der Waals surface area contributed by atoms with E-state index in [1.54, 1.807) is 37.3 Å². The van der Waals surface area contributed by atoms with E-state index in [-0.39, 0.29) is 16.3 Å². The molecule has 0 aliphatic rings. The second-order valence-electron chi connectivity index (χ2n) is 5.97. The van der Waals surface area contributed by atoms with Crippen molar-refractivity contribution in [2.24, 2.45) is 5.10 Å². The van der Waals surface area contributed by atoms with Crippen LogP contribution in [0, 0.1) is 6.92 Å². The minimum absolute atomic E-state index is 0.238. The zero-order valence-electron chi connectivity index (χ0n) is 14.9. The molecule has 1 N–H and O–H groups in total. The second-order valence-corrected chi connectivity index (χ2v) is 7.29. The molecule has 28 heavy (non-hydrogen) atoms. The fraction of sp³-hybridized carbons (Fsp3) is 0.158. The monoisotopic (exact) mass is 463 g/mol. The number of rotatable bonds is 5. The Balaban J connectivity index is 1.93. The predicted octanol–water partition coefficient (Wildman–Crippen LogP) is 3.85. The van der Waals surface area contributed by atoms with Gasteiger partial charge in [-0.15, -0.1) is 0 Å².